The first kappa shape index (κ1) is 22.0. The summed E-state index contributed by atoms with van der Waals surface area (Å²) >= 11 is 0. The number of nitrogens with one attached hydrogen (secondary N) is 1. The lowest BCUT2D eigenvalue weighted by atomic mass is 9.81. The van der Waals surface area contributed by atoms with Crippen LogP contribution in [0.4, 0.5) is 13.2 Å². The molecule has 0 aromatic rings. The van der Waals surface area contributed by atoms with Crippen LogP contribution in [0.25, 0.3) is 0 Å². The molecule has 0 saturated carbocycles. The van der Waals surface area contributed by atoms with Gasteiger partial charge in [0.05, 0.1) is 6.42 Å². The third-order valence-corrected chi connectivity index (χ3v) is 4.98. The van der Waals surface area contributed by atoms with E-state index in [0.717, 1.165) is 38.8 Å². The lowest BCUT2D eigenvalue weighted by molar-refractivity contribution is -0.138. The average molecular weight is 358 g/mol. The number of allylic oxidation sites excluding steroid dienone is 3. The summed E-state index contributed by atoms with van der Waals surface area (Å²) in [5.74, 6) is 0.388. The molecule has 1 atom stereocenters. The molecule has 0 aromatic carbocycles. The molecule has 0 radical (unpaired) electrons. The van der Waals surface area contributed by atoms with E-state index < -0.39 is 12.6 Å². The first-order valence-corrected chi connectivity index (χ1v) is 9.31. The van der Waals surface area contributed by atoms with Crippen molar-refractivity contribution in [2.45, 2.75) is 58.2 Å². The first-order valence-electron chi connectivity index (χ1n) is 9.31. The van der Waals surface area contributed by atoms with Crippen molar-refractivity contribution in [3.8, 4) is 0 Å². The fraction of sp³-hybridized carbons (Fsp3) is 0.700. The van der Waals surface area contributed by atoms with Gasteiger partial charge in [-0.25, -0.2) is 0 Å². The van der Waals surface area contributed by atoms with Crippen LogP contribution in [0.5, 0.6) is 0 Å². The molecule has 0 aliphatic carbocycles. The van der Waals surface area contributed by atoms with Gasteiger partial charge in [-0.05, 0) is 63.4 Å². The van der Waals surface area contributed by atoms with E-state index in [1.165, 1.54) is 11.1 Å². The smallest absolute Gasteiger partial charge is 0.313 e. The molecule has 144 valence electrons. The van der Waals surface area contributed by atoms with Gasteiger partial charge in [-0.3, -0.25) is 0 Å². The highest BCUT2D eigenvalue weighted by molar-refractivity contribution is 5.39. The fourth-order valence-electron chi connectivity index (χ4n) is 3.66. The third kappa shape index (κ3) is 7.37. The quantitative estimate of drug-likeness (QED) is 0.577. The normalized spacial score (nSPS) is 19.9. The largest absolute Gasteiger partial charge is 0.390 e. The summed E-state index contributed by atoms with van der Waals surface area (Å²) < 4.78 is 37.2. The molecule has 1 rings (SSSR count). The first-order chi connectivity index (χ1) is 11.9. The van der Waals surface area contributed by atoms with Crippen molar-refractivity contribution in [3.05, 3.63) is 36.0 Å². The van der Waals surface area contributed by atoms with Crippen LogP contribution in [0.15, 0.2) is 36.0 Å². The number of hydrogen-bond donors (Lipinski definition) is 1. The minimum atomic E-state index is -4.07. The molecule has 0 amide bonds. The second kappa shape index (κ2) is 10.8. The highest BCUT2D eigenvalue weighted by atomic mass is 19.4. The summed E-state index contributed by atoms with van der Waals surface area (Å²) in [4.78, 5) is 1.94. The van der Waals surface area contributed by atoms with Crippen molar-refractivity contribution < 1.29 is 13.2 Å². The van der Waals surface area contributed by atoms with Crippen LogP contribution in [0.1, 0.15) is 46.0 Å². The van der Waals surface area contributed by atoms with Crippen LogP contribution in [0, 0.1) is 5.92 Å². The van der Waals surface area contributed by atoms with Gasteiger partial charge in [-0.1, -0.05) is 38.2 Å². The maximum absolute atomic E-state index is 12.4. The van der Waals surface area contributed by atoms with Gasteiger partial charge in [0.1, 0.15) is 0 Å². The summed E-state index contributed by atoms with van der Waals surface area (Å²) in [6, 6.07) is 0.310. The number of hydrogen-bond acceptors (Lipinski definition) is 2. The van der Waals surface area contributed by atoms with E-state index in [9.17, 15) is 13.2 Å². The molecule has 2 nitrogen and oxygen atoms in total. The Labute approximate surface area is 150 Å². The van der Waals surface area contributed by atoms with Crippen molar-refractivity contribution in [3.63, 3.8) is 0 Å². The lowest BCUT2D eigenvalue weighted by Gasteiger charge is -2.35. The third-order valence-electron chi connectivity index (χ3n) is 4.98. The van der Waals surface area contributed by atoms with Gasteiger partial charge in [0, 0.05) is 12.6 Å². The van der Waals surface area contributed by atoms with Crippen molar-refractivity contribution in [2.75, 3.05) is 26.7 Å². The summed E-state index contributed by atoms with van der Waals surface area (Å²) in [6.45, 7) is 9.66. The van der Waals surface area contributed by atoms with E-state index in [0.29, 0.717) is 12.0 Å². The van der Waals surface area contributed by atoms with Crippen molar-refractivity contribution in [2.24, 2.45) is 5.92 Å². The standard InChI is InChI=1S/C20H33F3N2/c1-5-8-18(17(7-3)19(24-4)9-6-2)16-10-13-25(14-11-16)15-12-20(21,22)23/h5,7-8,16,19,24H,1,6,9-15H2,2-4H3/b17-7+,18-8-. The van der Waals surface area contributed by atoms with Gasteiger partial charge < -0.3 is 10.2 Å². The number of likely N-dealkylation sites (N-methyl/N-ethyl adjacent to an activating group) is 1. The van der Waals surface area contributed by atoms with Crippen LogP contribution in [0.3, 0.4) is 0 Å². The number of piperidine rings is 1. The van der Waals surface area contributed by atoms with Gasteiger partial charge >= 0.3 is 6.18 Å². The molecular weight excluding hydrogens is 325 g/mol. The molecule has 25 heavy (non-hydrogen) atoms. The molecule has 1 heterocycles. The molecule has 1 unspecified atom stereocenters. The molecule has 5 heteroatoms. The minimum Gasteiger partial charge on any atom is -0.313 e. The van der Waals surface area contributed by atoms with Gasteiger partial charge in [0.25, 0.3) is 0 Å². The van der Waals surface area contributed by atoms with Crippen LogP contribution in [-0.4, -0.2) is 43.8 Å². The Morgan fingerprint density at radius 2 is 1.96 bits per heavy atom. The molecular formula is C20H33F3N2. The SMILES string of the molecule is C=C/C=C(\C(=C/C)C(CCC)NC)C1CCN(CCC(F)(F)F)CC1. The second-order valence-electron chi connectivity index (χ2n) is 6.71. The van der Waals surface area contributed by atoms with E-state index in [2.05, 4.69) is 37.9 Å². The number of nitrogens with zero attached hydrogens (tertiary/aromatic N) is 1. The van der Waals surface area contributed by atoms with Gasteiger partial charge in [-0.15, -0.1) is 0 Å². The summed E-state index contributed by atoms with van der Waals surface area (Å²) in [7, 11) is 1.98. The highest BCUT2D eigenvalue weighted by Crippen LogP contribution is 2.33. The van der Waals surface area contributed by atoms with Crippen LogP contribution < -0.4 is 5.32 Å². The Balaban J connectivity index is 2.75. The van der Waals surface area contributed by atoms with Crippen LogP contribution in [-0.2, 0) is 0 Å². The predicted molar refractivity (Wildman–Crippen MR) is 99.6 cm³/mol. The molecule has 1 aliphatic heterocycles. The Bertz CT molecular complexity index is 458. The molecule has 1 fully saturated rings. The van der Waals surface area contributed by atoms with E-state index in [1.54, 1.807) is 0 Å². The zero-order valence-corrected chi connectivity index (χ0v) is 15.8. The Kier molecular flexibility index (Phi) is 9.51. The molecule has 1 saturated heterocycles. The maximum atomic E-state index is 12.4. The van der Waals surface area contributed by atoms with E-state index in [-0.39, 0.29) is 6.54 Å². The summed E-state index contributed by atoms with van der Waals surface area (Å²) in [5.41, 5.74) is 2.60. The Morgan fingerprint density at radius 3 is 2.40 bits per heavy atom. The predicted octanol–water partition coefficient (Wildman–Crippen LogP) is 5.10. The lowest BCUT2D eigenvalue weighted by Crippen LogP contribution is -2.38. The zero-order valence-electron chi connectivity index (χ0n) is 15.8. The zero-order chi connectivity index (χ0) is 18.9. The summed E-state index contributed by atoms with van der Waals surface area (Å²) in [6.07, 6.45) is 5.26. The number of halogens is 3. The van der Waals surface area contributed by atoms with E-state index in [1.807, 2.05) is 18.0 Å². The second-order valence-corrected chi connectivity index (χ2v) is 6.71. The van der Waals surface area contributed by atoms with Crippen molar-refractivity contribution >= 4 is 0 Å². The van der Waals surface area contributed by atoms with E-state index in [4.69, 9.17) is 0 Å². The fourth-order valence-corrected chi connectivity index (χ4v) is 3.66. The number of alkyl halides is 3. The maximum Gasteiger partial charge on any atom is 0.390 e. The minimum absolute atomic E-state index is 0.113. The van der Waals surface area contributed by atoms with E-state index >= 15 is 0 Å². The highest BCUT2D eigenvalue weighted by Gasteiger charge is 2.30. The van der Waals surface area contributed by atoms with Crippen LogP contribution >= 0.6 is 0 Å². The molecule has 1 N–H and O–H groups in total. The van der Waals surface area contributed by atoms with Gasteiger partial charge in [0.15, 0.2) is 0 Å². The Morgan fingerprint density at radius 1 is 1.32 bits per heavy atom. The average Bonchev–Trinajstić information content (AvgIpc) is 2.58. The molecule has 0 aromatic heterocycles. The summed E-state index contributed by atoms with van der Waals surface area (Å²) in [5, 5.41) is 3.40. The molecule has 1 aliphatic rings. The molecule has 0 spiro atoms. The Hall–Kier alpha value is -1.07. The van der Waals surface area contributed by atoms with Crippen LogP contribution in [0.2, 0.25) is 0 Å². The number of likely N-dealkylation sites (tertiary alicyclic amines) is 1. The number of rotatable bonds is 9. The topological polar surface area (TPSA) is 15.3 Å². The van der Waals surface area contributed by atoms with Crippen molar-refractivity contribution in [1.82, 2.24) is 10.2 Å². The monoisotopic (exact) mass is 358 g/mol. The molecule has 0 bridgehead atoms. The van der Waals surface area contributed by atoms with Gasteiger partial charge in [-0.2, -0.15) is 13.2 Å². The van der Waals surface area contributed by atoms with Gasteiger partial charge in [0.2, 0.25) is 0 Å². The van der Waals surface area contributed by atoms with Crippen molar-refractivity contribution in [1.29, 1.82) is 0 Å².